The highest BCUT2D eigenvalue weighted by atomic mass is 16.7. The minimum atomic E-state index is -0.141. The topological polar surface area (TPSA) is 105 Å². The average molecular weight is 395 g/mol. The number of aromatic nitrogens is 3. The number of ether oxygens (including phenoxy) is 2. The van der Waals surface area contributed by atoms with Crippen LogP contribution in [-0.2, 0) is 6.54 Å². The van der Waals surface area contributed by atoms with Crippen molar-refractivity contribution in [1.29, 1.82) is 5.26 Å². The quantitative estimate of drug-likeness (QED) is 0.687. The number of hydrogen-bond donors (Lipinski definition) is 2. The fourth-order valence-corrected chi connectivity index (χ4v) is 3.02. The summed E-state index contributed by atoms with van der Waals surface area (Å²) in [6, 6.07) is 9.23. The summed E-state index contributed by atoms with van der Waals surface area (Å²) in [5.74, 6) is 2.65. The molecule has 1 saturated carbocycles. The molecular weight excluding hydrogens is 370 g/mol. The summed E-state index contributed by atoms with van der Waals surface area (Å²) in [7, 11) is 0. The van der Waals surface area contributed by atoms with E-state index in [1.165, 1.54) is 19.8 Å². The van der Waals surface area contributed by atoms with Crippen LogP contribution in [0, 0.1) is 17.2 Å². The van der Waals surface area contributed by atoms with Gasteiger partial charge in [-0.05, 0) is 37.0 Å². The third kappa shape index (κ3) is 4.51. The monoisotopic (exact) mass is 395 g/mol. The summed E-state index contributed by atoms with van der Waals surface area (Å²) >= 11 is 0. The van der Waals surface area contributed by atoms with Gasteiger partial charge in [0.15, 0.2) is 17.3 Å². The predicted octanol–water partition coefficient (Wildman–Crippen LogP) is 4.16. The van der Waals surface area contributed by atoms with E-state index >= 15 is 0 Å². The first-order chi connectivity index (χ1) is 14.2. The van der Waals surface area contributed by atoms with Gasteiger partial charge in [-0.25, -0.2) is 0 Å². The molecule has 0 bridgehead atoms. The fraction of sp³-hybridized carbons (Fsp3) is 0.381. The third-order valence-corrected chi connectivity index (χ3v) is 4.44. The Balaban J connectivity index is 0.000000443. The summed E-state index contributed by atoms with van der Waals surface area (Å²) in [6.45, 7) is 6.51. The van der Waals surface area contributed by atoms with Crippen LogP contribution < -0.4 is 20.3 Å². The number of fused-ring (bicyclic) bond motifs is 2. The Hall–Kier alpha value is -3.47. The van der Waals surface area contributed by atoms with Crippen LogP contribution >= 0.6 is 0 Å². The minimum Gasteiger partial charge on any atom is -0.454 e. The van der Waals surface area contributed by atoms with Crippen molar-refractivity contribution in [2.75, 3.05) is 12.1 Å². The maximum absolute atomic E-state index is 12.3. The van der Waals surface area contributed by atoms with Crippen LogP contribution in [-0.4, -0.2) is 21.6 Å². The van der Waals surface area contributed by atoms with Crippen LogP contribution in [0.1, 0.15) is 33.6 Å². The Labute approximate surface area is 169 Å². The smallest absolute Gasteiger partial charge is 0.261 e. The molecule has 152 valence electrons. The van der Waals surface area contributed by atoms with Gasteiger partial charge < -0.3 is 19.8 Å². The molecule has 8 heteroatoms. The van der Waals surface area contributed by atoms with Crippen molar-refractivity contribution in [1.82, 2.24) is 14.8 Å². The molecule has 0 saturated heterocycles. The van der Waals surface area contributed by atoms with E-state index in [2.05, 4.69) is 15.4 Å². The molecule has 1 aliphatic carbocycles. The first kappa shape index (κ1) is 20.3. The van der Waals surface area contributed by atoms with Gasteiger partial charge in [0, 0.05) is 31.4 Å². The normalized spacial score (nSPS) is 13.6. The molecule has 0 atom stereocenters. The number of nitriles is 1. The van der Waals surface area contributed by atoms with E-state index in [9.17, 15) is 4.79 Å². The zero-order valence-corrected chi connectivity index (χ0v) is 16.9. The average Bonchev–Trinajstić information content (AvgIpc) is 3.30. The number of H-pyrrole nitrogens is 1. The highest BCUT2D eigenvalue weighted by Gasteiger charge is 2.24. The number of anilines is 2. The van der Waals surface area contributed by atoms with Gasteiger partial charge in [-0.1, -0.05) is 13.8 Å². The Kier molecular flexibility index (Phi) is 6.39. The van der Waals surface area contributed by atoms with Gasteiger partial charge in [-0.3, -0.25) is 9.48 Å². The van der Waals surface area contributed by atoms with E-state index in [-0.39, 0.29) is 12.4 Å². The van der Waals surface area contributed by atoms with Crippen molar-refractivity contribution in [2.45, 2.75) is 40.2 Å². The molecule has 5 rings (SSSR count). The van der Waals surface area contributed by atoms with Crippen molar-refractivity contribution in [3.63, 3.8) is 0 Å². The largest absolute Gasteiger partial charge is 0.454 e. The molecule has 2 N–H and O–H groups in total. The number of aromatic amines is 1. The molecule has 8 nitrogen and oxygen atoms in total. The Morgan fingerprint density at radius 3 is 2.72 bits per heavy atom. The molecule has 1 aromatic carbocycles. The van der Waals surface area contributed by atoms with Crippen molar-refractivity contribution >= 4 is 22.4 Å². The third-order valence-electron chi connectivity index (χ3n) is 4.44. The SMILES string of the molecule is CC.CC#N.O=c1[nH]ccc2c1c(Nc1ccc3c(c1)OCO3)nn2CC1CC1. The minimum absolute atomic E-state index is 0.141. The maximum atomic E-state index is 12.3. The van der Waals surface area contributed by atoms with Crippen molar-refractivity contribution in [3.8, 4) is 17.6 Å². The molecule has 3 aromatic rings. The predicted molar refractivity (Wildman–Crippen MR) is 112 cm³/mol. The number of benzene rings is 1. The lowest BCUT2D eigenvalue weighted by atomic mass is 10.2. The molecule has 1 aliphatic heterocycles. The second-order valence-electron chi connectivity index (χ2n) is 6.46. The number of nitrogens with one attached hydrogen (secondary N) is 2. The van der Waals surface area contributed by atoms with Gasteiger partial charge in [-0.15, -0.1) is 0 Å². The number of rotatable bonds is 4. The van der Waals surface area contributed by atoms with Gasteiger partial charge >= 0.3 is 0 Å². The van der Waals surface area contributed by atoms with Crippen molar-refractivity contribution < 1.29 is 9.47 Å². The van der Waals surface area contributed by atoms with Gasteiger partial charge in [0.05, 0.1) is 11.6 Å². The standard InChI is InChI=1S/C17H16N4O3.C2H3N.C2H6/c22-17-15-12(5-6-18-17)21(8-10-1-2-10)20-16(15)19-11-3-4-13-14(7-11)24-9-23-13;1-2-3;1-2/h3-7,10H,1-2,8-9H2,(H,18,22)(H,19,20);1H3;1-2H3. The second-order valence-corrected chi connectivity index (χ2v) is 6.46. The fourth-order valence-electron chi connectivity index (χ4n) is 3.02. The lowest BCUT2D eigenvalue weighted by molar-refractivity contribution is 0.174. The van der Waals surface area contributed by atoms with Gasteiger partial charge in [0.1, 0.15) is 5.39 Å². The van der Waals surface area contributed by atoms with Crippen LogP contribution in [0.5, 0.6) is 11.5 Å². The Bertz CT molecular complexity index is 1080. The second kappa shape index (κ2) is 9.15. The van der Waals surface area contributed by atoms with Crippen LogP contribution in [0.4, 0.5) is 11.5 Å². The van der Waals surface area contributed by atoms with Crippen molar-refractivity contribution in [2.24, 2.45) is 5.92 Å². The molecule has 0 spiro atoms. The van der Waals surface area contributed by atoms with E-state index in [4.69, 9.17) is 14.7 Å². The van der Waals surface area contributed by atoms with Crippen LogP contribution in [0.2, 0.25) is 0 Å². The molecule has 0 radical (unpaired) electrons. The van der Waals surface area contributed by atoms with Gasteiger partial charge in [0.2, 0.25) is 6.79 Å². The highest BCUT2D eigenvalue weighted by Crippen LogP contribution is 2.36. The lowest BCUT2D eigenvalue weighted by Crippen LogP contribution is -2.06. The van der Waals surface area contributed by atoms with Crippen LogP contribution in [0.3, 0.4) is 0 Å². The first-order valence-corrected chi connectivity index (χ1v) is 9.75. The van der Waals surface area contributed by atoms with E-state index in [1.54, 1.807) is 12.3 Å². The van der Waals surface area contributed by atoms with Gasteiger partial charge in [-0.2, -0.15) is 10.4 Å². The molecule has 3 heterocycles. The van der Waals surface area contributed by atoms with Crippen LogP contribution in [0.15, 0.2) is 35.3 Å². The highest BCUT2D eigenvalue weighted by molar-refractivity contribution is 5.91. The molecular formula is C21H25N5O3. The van der Waals surface area contributed by atoms with E-state index in [1.807, 2.05) is 42.8 Å². The maximum Gasteiger partial charge on any atom is 0.261 e. The van der Waals surface area contributed by atoms with Crippen LogP contribution in [0.25, 0.3) is 10.9 Å². The molecule has 29 heavy (non-hydrogen) atoms. The zero-order valence-electron chi connectivity index (χ0n) is 16.9. The molecule has 2 aromatic heterocycles. The molecule has 1 fully saturated rings. The summed E-state index contributed by atoms with van der Waals surface area (Å²) in [5, 5.41) is 15.8. The summed E-state index contributed by atoms with van der Waals surface area (Å²) in [5.41, 5.74) is 1.52. The number of hydrogen-bond acceptors (Lipinski definition) is 6. The Morgan fingerprint density at radius 2 is 2.00 bits per heavy atom. The molecule has 2 aliphatic rings. The first-order valence-electron chi connectivity index (χ1n) is 9.75. The van der Waals surface area contributed by atoms with E-state index in [0.29, 0.717) is 22.9 Å². The number of pyridine rings is 1. The zero-order chi connectivity index (χ0) is 20.8. The van der Waals surface area contributed by atoms with Crippen molar-refractivity contribution in [3.05, 3.63) is 40.8 Å². The summed E-state index contributed by atoms with van der Waals surface area (Å²) in [6.07, 6.45) is 4.13. The Morgan fingerprint density at radius 1 is 1.28 bits per heavy atom. The molecule has 0 amide bonds. The van der Waals surface area contributed by atoms with E-state index in [0.717, 1.165) is 23.5 Å². The van der Waals surface area contributed by atoms with Gasteiger partial charge in [0.25, 0.3) is 5.56 Å². The number of nitrogens with zero attached hydrogens (tertiary/aromatic N) is 3. The summed E-state index contributed by atoms with van der Waals surface area (Å²) in [4.78, 5) is 15.0. The lowest BCUT2D eigenvalue weighted by Gasteiger charge is -2.04. The molecule has 0 unspecified atom stereocenters. The summed E-state index contributed by atoms with van der Waals surface area (Å²) < 4.78 is 12.6. The van der Waals surface area contributed by atoms with E-state index < -0.39 is 0 Å².